The molecule has 0 saturated heterocycles. The molecule has 0 unspecified atom stereocenters. The maximum atomic E-state index is 12.0. The van der Waals surface area contributed by atoms with Gasteiger partial charge >= 0.3 is 0 Å². The molecule has 1 N–H and O–H groups in total. The first kappa shape index (κ1) is 19.6. The van der Waals surface area contributed by atoms with Gasteiger partial charge in [0, 0.05) is 32.3 Å². The van der Waals surface area contributed by atoms with Crippen molar-refractivity contribution in [3.05, 3.63) is 29.8 Å². The van der Waals surface area contributed by atoms with Crippen LogP contribution in [0.1, 0.15) is 31.7 Å². The maximum Gasteiger partial charge on any atom is 0.225 e. The molecule has 0 aliphatic carbocycles. The van der Waals surface area contributed by atoms with E-state index in [4.69, 9.17) is 4.74 Å². The molecule has 23 heavy (non-hydrogen) atoms. The number of hydrogen-bond donors (Lipinski definition) is 1. The average molecular weight is 342 g/mol. The topological polar surface area (TPSA) is 75.7 Å². The van der Waals surface area contributed by atoms with E-state index in [1.165, 1.54) is 17.0 Å². The van der Waals surface area contributed by atoms with Crippen LogP contribution in [0.2, 0.25) is 0 Å². The number of nitrogens with one attached hydrogen (secondary N) is 1. The molecule has 1 amide bonds. The summed E-state index contributed by atoms with van der Waals surface area (Å²) >= 11 is 0. The van der Waals surface area contributed by atoms with Crippen LogP contribution in [0.3, 0.4) is 0 Å². The van der Waals surface area contributed by atoms with Crippen molar-refractivity contribution < 1.29 is 17.9 Å². The lowest BCUT2D eigenvalue weighted by atomic mass is 10.0. The zero-order chi connectivity index (χ0) is 17.5. The van der Waals surface area contributed by atoms with E-state index in [1.54, 1.807) is 0 Å². The fraction of sp³-hybridized carbons (Fsp3) is 0.562. The van der Waals surface area contributed by atoms with Crippen molar-refractivity contribution in [2.75, 3.05) is 38.4 Å². The van der Waals surface area contributed by atoms with Crippen molar-refractivity contribution in [1.82, 2.24) is 4.31 Å². The maximum absolute atomic E-state index is 12.0. The van der Waals surface area contributed by atoms with E-state index < -0.39 is 10.0 Å². The van der Waals surface area contributed by atoms with E-state index >= 15 is 0 Å². The van der Waals surface area contributed by atoms with E-state index in [2.05, 4.69) is 19.2 Å². The lowest BCUT2D eigenvalue weighted by Gasteiger charge is -2.19. The molecule has 1 aromatic carbocycles. The molecule has 130 valence electrons. The Morgan fingerprint density at radius 2 is 1.83 bits per heavy atom. The van der Waals surface area contributed by atoms with Crippen LogP contribution in [-0.4, -0.2) is 51.7 Å². The van der Waals surface area contributed by atoms with E-state index in [0.29, 0.717) is 18.2 Å². The third kappa shape index (κ3) is 7.11. The first-order valence-electron chi connectivity index (χ1n) is 7.58. The molecule has 0 atom stereocenters. The Balaban J connectivity index is 2.54. The second kappa shape index (κ2) is 9.00. The Morgan fingerprint density at radius 3 is 2.30 bits per heavy atom. The molecular formula is C16H26N2O4S. The number of rotatable bonds is 9. The molecule has 0 aliphatic heterocycles. The van der Waals surface area contributed by atoms with Gasteiger partial charge in [0.25, 0.3) is 0 Å². The smallest absolute Gasteiger partial charge is 0.225 e. The van der Waals surface area contributed by atoms with Gasteiger partial charge in [0.1, 0.15) is 0 Å². The predicted octanol–water partition coefficient (Wildman–Crippen LogP) is 2.05. The highest BCUT2D eigenvalue weighted by Gasteiger charge is 2.17. The fourth-order valence-corrected chi connectivity index (χ4v) is 2.87. The number of ether oxygens (including phenoxy) is 1. The quantitative estimate of drug-likeness (QED) is 0.745. The molecule has 0 aliphatic rings. The highest BCUT2D eigenvalue weighted by Crippen LogP contribution is 2.17. The molecule has 1 aromatic rings. The van der Waals surface area contributed by atoms with E-state index in [0.717, 1.165) is 6.26 Å². The second-order valence-corrected chi connectivity index (χ2v) is 7.71. The Morgan fingerprint density at radius 1 is 1.22 bits per heavy atom. The molecule has 6 nitrogen and oxygen atoms in total. The molecular weight excluding hydrogens is 316 g/mol. The van der Waals surface area contributed by atoms with Crippen LogP contribution >= 0.6 is 0 Å². The number of anilines is 1. The SMILES string of the molecule is COCCN(CCC(=O)Nc1ccc(C(C)C)cc1)S(C)(=O)=O. The minimum Gasteiger partial charge on any atom is -0.383 e. The number of methoxy groups -OCH3 is 1. The summed E-state index contributed by atoms with van der Waals surface area (Å²) in [4.78, 5) is 12.0. The zero-order valence-corrected chi connectivity index (χ0v) is 15.0. The third-order valence-electron chi connectivity index (χ3n) is 3.46. The van der Waals surface area contributed by atoms with E-state index in [-0.39, 0.29) is 25.4 Å². The highest BCUT2D eigenvalue weighted by molar-refractivity contribution is 7.88. The van der Waals surface area contributed by atoms with Crippen LogP contribution in [0.15, 0.2) is 24.3 Å². The van der Waals surface area contributed by atoms with Crippen LogP contribution in [0, 0.1) is 0 Å². The standard InChI is InChI=1S/C16H26N2O4S/c1-13(2)14-5-7-15(8-6-14)17-16(19)9-10-18(11-12-22-3)23(4,20)21/h5-8,13H,9-12H2,1-4H3,(H,17,19). The van der Waals surface area contributed by atoms with Gasteiger partial charge in [-0.3, -0.25) is 4.79 Å². The van der Waals surface area contributed by atoms with Gasteiger partial charge in [-0.15, -0.1) is 0 Å². The summed E-state index contributed by atoms with van der Waals surface area (Å²) in [5.41, 5.74) is 1.91. The van der Waals surface area contributed by atoms with Gasteiger partial charge in [-0.25, -0.2) is 8.42 Å². The Hall–Kier alpha value is -1.44. The van der Waals surface area contributed by atoms with Crippen molar-refractivity contribution in [2.45, 2.75) is 26.2 Å². The lowest BCUT2D eigenvalue weighted by molar-refractivity contribution is -0.116. The first-order valence-corrected chi connectivity index (χ1v) is 9.42. The molecule has 0 spiro atoms. The summed E-state index contributed by atoms with van der Waals surface area (Å²) in [5, 5.41) is 2.78. The largest absolute Gasteiger partial charge is 0.383 e. The van der Waals surface area contributed by atoms with Crippen molar-refractivity contribution >= 4 is 21.6 Å². The van der Waals surface area contributed by atoms with Crippen LogP contribution in [-0.2, 0) is 19.6 Å². The number of carbonyl (C=O) groups excluding carboxylic acids is 1. The molecule has 1 rings (SSSR count). The van der Waals surface area contributed by atoms with Gasteiger partial charge in [0.05, 0.1) is 12.9 Å². The lowest BCUT2D eigenvalue weighted by Crippen LogP contribution is -2.35. The number of nitrogens with zero attached hydrogens (tertiary/aromatic N) is 1. The van der Waals surface area contributed by atoms with Gasteiger partial charge in [-0.2, -0.15) is 4.31 Å². The van der Waals surface area contributed by atoms with E-state index in [9.17, 15) is 13.2 Å². The minimum atomic E-state index is -3.35. The summed E-state index contributed by atoms with van der Waals surface area (Å²) < 4.78 is 29.4. The van der Waals surface area contributed by atoms with Gasteiger partial charge in [0.2, 0.25) is 15.9 Å². The number of carbonyl (C=O) groups is 1. The Bertz CT molecular complexity index is 597. The predicted molar refractivity (Wildman–Crippen MR) is 92.1 cm³/mol. The van der Waals surface area contributed by atoms with Gasteiger partial charge in [-0.1, -0.05) is 26.0 Å². The molecule has 0 heterocycles. The number of benzene rings is 1. The second-order valence-electron chi connectivity index (χ2n) is 5.73. The number of amides is 1. The summed E-state index contributed by atoms with van der Waals surface area (Å²) in [5.74, 6) is 0.220. The number of hydrogen-bond acceptors (Lipinski definition) is 4. The Kier molecular flexibility index (Phi) is 7.67. The van der Waals surface area contributed by atoms with Crippen molar-refractivity contribution in [3.63, 3.8) is 0 Å². The van der Waals surface area contributed by atoms with Crippen molar-refractivity contribution in [3.8, 4) is 0 Å². The third-order valence-corrected chi connectivity index (χ3v) is 4.77. The summed E-state index contributed by atoms with van der Waals surface area (Å²) in [6.07, 6.45) is 1.23. The molecule has 0 radical (unpaired) electrons. The van der Waals surface area contributed by atoms with Gasteiger partial charge in [-0.05, 0) is 23.6 Å². The normalized spacial score (nSPS) is 11.9. The highest BCUT2D eigenvalue weighted by atomic mass is 32.2. The monoisotopic (exact) mass is 342 g/mol. The van der Waals surface area contributed by atoms with Crippen LogP contribution in [0.25, 0.3) is 0 Å². The van der Waals surface area contributed by atoms with Crippen LogP contribution in [0.4, 0.5) is 5.69 Å². The zero-order valence-electron chi connectivity index (χ0n) is 14.2. The molecule has 0 saturated carbocycles. The molecule has 7 heteroatoms. The summed E-state index contributed by atoms with van der Waals surface area (Å²) in [6.45, 7) is 4.88. The van der Waals surface area contributed by atoms with Crippen molar-refractivity contribution in [2.24, 2.45) is 0 Å². The summed E-state index contributed by atoms with van der Waals surface area (Å²) in [7, 11) is -1.84. The molecule has 0 bridgehead atoms. The van der Waals surface area contributed by atoms with Gasteiger partial charge in [0.15, 0.2) is 0 Å². The van der Waals surface area contributed by atoms with E-state index in [1.807, 2.05) is 24.3 Å². The minimum absolute atomic E-state index is 0.0999. The number of sulfonamides is 1. The Labute approximate surface area is 138 Å². The summed E-state index contributed by atoms with van der Waals surface area (Å²) in [6, 6.07) is 7.66. The van der Waals surface area contributed by atoms with Crippen LogP contribution < -0.4 is 5.32 Å². The molecule has 0 fully saturated rings. The fourth-order valence-electron chi connectivity index (χ4n) is 2.04. The van der Waals surface area contributed by atoms with Crippen molar-refractivity contribution in [1.29, 1.82) is 0 Å². The molecule has 0 aromatic heterocycles. The van der Waals surface area contributed by atoms with Gasteiger partial charge < -0.3 is 10.1 Å². The average Bonchev–Trinajstić information content (AvgIpc) is 2.46. The first-order chi connectivity index (χ1) is 10.7. The van der Waals surface area contributed by atoms with Crippen LogP contribution in [0.5, 0.6) is 0 Å².